The van der Waals surface area contributed by atoms with Gasteiger partial charge in [0, 0.05) is 0 Å². The lowest BCUT2D eigenvalue weighted by Gasteiger charge is -2.13. The summed E-state index contributed by atoms with van der Waals surface area (Å²) in [5, 5.41) is 17.7. The maximum atomic E-state index is 11.8. The molecule has 0 aliphatic rings. The first-order valence-electron chi connectivity index (χ1n) is 5.36. The first kappa shape index (κ1) is 14.1. The van der Waals surface area contributed by atoms with Crippen LogP contribution in [0.1, 0.15) is 12.5 Å². The van der Waals surface area contributed by atoms with Crippen LogP contribution in [0.3, 0.4) is 0 Å². The van der Waals surface area contributed by atoms with Gasteiger partial charge in [0.25, 0.3) is 0 Å². The fraction of sp³-hybridized carbons (Fsp3) is 0.455. The van der Waals surface area contributed by atoms with Gasteiger partial charge in [0.05, 0.1) is 24.2 Å². The van der Waals surface area contributed by atoms with Gasteiger partial charge in [-0.3, -0.25) is 0 Å². The van der Waals surface area contributed by atoms with Gasteiger partial charge in [-0.1, -0.05) is 19.1 Å². The van der Waals surface area contributed by atoms with Gasteiger partial charge in [0.15, 0.2) is 0 Å². The third-order valence-electron chi connectivity index (χ3n) is 2.40. The molecule has 17 heavy (non-hydrogen) atoms. The van der Waals surface area contributed by atoms with Gasteiger partial charge in [-0.05, 0) is 24.1 Å². The molecule has 3 N–H and O–H groups in total. The highest BCUT2D eigenvalue weighted by molar-refractivity contribution is 7.89. The Morgan fingerprint density at radius 1 is 1.18 bits per heavy atom. The summed E-state index contributed by atoms with van der Waals surface area (Å²) < 4.78 is 25.9. The summed E-state index contributed by atoms with van der Waals surface area (Å²) in [5.41, 5.74) is 1.05. The van der Waals surface area contributed by atoms with Crippen molar-refractivity contribution >= 4 is 10.0 Å². The SMILES string of the molecule is CCc1ccc(S(=O)(=O)NC(CO)CO)cc1. The number of aliphatic hydroxyl groups excluding tert-OH is 2. The zero-order valence-corrected chi connectivity index (χ0v) is 10.4. The Labute approximate surface area is 101 Å². The van der Waals surface area contributed by atoms with Crippen molar-refractivity contribution in [1.29, 1.82) is 0 Å². The highest BCUT2D eigenvalue weighted by Gasteiger charge is 2.18. The number of hydrogen-bond acceptors (Lipinski definition) is 4. The van der Waals surface area contributed by atoms with E-state index in [1.807, 2.05) is 6.92 Å². The summed E-state index contributed by atoms with van der Waals surface area (Å²) in [6, 6.07) is 5.62. The van der Waals surface area contributed by atoms with Gasteiger partial charge in [-0.25, -0.2) is 13.1 Å². The molecule has 6 heteroatoms. The van der Waals surface area contributed by atoms with E-state index in [4.69, 9.17) is 10.2 Å². The Morgan fingerprint density at radius 3 is 2.12 bits per heavy atom. The van der Waals surface area contributed by atoms with E-state index in [0.29, 0.717) is 0 Å². The van der Waals surface area contributed by atoms with Crippen molar-refractivity contribution in [1.82, 2.24) is 4.72 Å². The number of nitrogens with one attached hydrogen (secondary N) is 1. The van der Waals surface area contributed by atoms with E-state index < -0.39 is 29.3 Å². The van der Waals surface area contributed by atoms with Gasteiger partial charge in [0.1, 0.15) is 0 Å². The number of sulfonamides is 1. The van der Waals surface area contributed by atoms with E-state index in [0.717, 1.165) is 12.0 Å². The third-order valence-corrected chi connectivity index (χ3v) is 3.94. The van der Waals surface area contributed by atoms with Crippen molar-refractivity contribution in [3.8, 4) is 0 Å². The second kappa shape index (κ2) is 6.11. The Hall–Kier alpha value is -0.950. The molecule has 1 aromatic carbocycles. The molecule has 1 rings (SSSR count). The molecule has 0 aliphatic carbocycles. The molecule has 0 atom stereocenters. The predicted molar refractivity (Wildman–Crippen MR) is 64.1 cm³/mol. The van der Waals surface area contributed by atoms with Gasteiger partial charge in [-0.2, -0.15) is 0 Å². The molecule has 0 heterocycles. The average molecular weight is 259 g/mol. The second-order valence-corrected chi connectivity index (χ2v) is 5.39. The topological polar surface area (TPSA) is 86.6 Å². The minimum Gasteiger partial charge on any atom is -0.395 e. The fourth-order valence-electron chi connectivity index (χ4n) is 1.32. The molecule has 0 aliphatic heterocycles. The largest absolute Gasteiger partial charge is 0.395 e. The zero-order chi connectivity index (χ0) is 12.9. The highest BCUT2D eigenvalue weighted by atomic mass is 32.2. The van der Waals surface area contributed by atoms with E-state index in [2.05, 4.69) is 4.72 Å². The van der Waals surface area contributed by atoms with E-state index in [1.165, 1.54) is 12.1 Å². The molecular formula is C11H17NO4S. The Bertz CT molecular complexity index is 437. The first-order valence-corrected chi connectivity index (χ1v) is 6.84. The zero-order valence-electron chi connectivity index (χ0n) is 9.63. The molecule has 0 radical (unpaired) electrons. The molecule has 5 nitrogen and oxygen atoms in total. The minimum atomic E-state index is -3.68. The van der Waals surface area contributed by atoms with Gasteiger partial charge in [-0.15, -0.1) is 0 Å². The van der Waals surface area contributed by atoms with Crippen LogP contribution in [-0.2, 0) is 16.4 Å². The molecule has 0 unspecified atom stereocenters. The lowest BCUT2D eigenvalue weighted by Crippen LogP contribution is -2.39. The normalized spacial score (nSPS) is 12.0. The Balaban J connectivity index is 2.89. The summed E-state index contributed by atoms with van der Waals surface area (Å²) in [6.07, 6.45) is 0.837. The molecule has 0 saturated heterocycles. The van der Waals surface area contributed by atoms with Gasteiger partial charge in [0.2, 0.25) is 10.0 Å². The summed E-state index contributed by atoms with van der Waals surface area (Å²) in [4.78, 5) is 0.126. The van der Waals surface area contributed by atoms with Crippen molar-refractivity contribution < 1.29 is 18.6 Å². The van der Waals surface area contributed by atoms with Crippen LogP contribution in [0.2, 0.25) is 0 Å². The van der Waals surface area contributed by atoms with Crippen LogP contribution in [0.15, 0.2) is 29.2 Å². The van der Waals surface area contributed by atoms with E-state index in [9.17, 15) is 8.42 Å². The fourth-order valence-corrected chi connectivity index (χ4v) is 2.54. The summed E-state index contributed by atoms with van der Waals surface area (Å²) in [5.74, 6) is 0. The molecule has 96 valence electrons. The van der Waals surface area contributed by atoms with Crippen molar-refractivity contribution in [2.24, 2.45) is 0 Å². The molecule has 0 aromatic heterocycles. The van der Waals surface area contributed by atoms with Crippen LogP contribution in [0, 0.1) is 0 Å². The van der Waals surface area contributed by atoms with E-state index in [1.54, 1.807) is 12.1 Å². The van der Waals surface area contributed by atoms with Crippen LogP contribution < -0.4 is 4.72 Å². The number of hydrogen-bond donors (Lipinski definition) is 3. The number of benzene rings is 1. The smallest absolute Gasteiger partial charge is 0.240 e. The summed E-state index contributed by atoms with van der Waals surface area (Å²) >= 11 is 0. The molecule has 1 aromatic rings. The second-order valence-electron chi connectivity index (χ2n) is 3.68. The monoisotopic (exact) mass is 259 g/mol. The van der Waals surface area contributed by atoms with Gasteiger partial charge >= 0.3 is 0 Å². The first-order chi connectivity index (χ1) is 8.03. The third kappa shape index (κ3) is 3.78. The van der Waals surface area contributed by atoms with Gasteiger partial charge < -0.3 is 10.2 Å². The van der Waals surface area contributed by atoms with Crippen LogP contribution in [0.5, 0.6) is 0 Å². The van der Waals surface area contributed by atoms with Crippen LogP contribution in [0.4, 0.5) is 0 Å². The molecule has 0 bridgehead atoms. The maximum absolute atomic E-state index is 11.8. The lowest BCUT2D eigenvalue weighted by atomic mass is 10.2. The highest BCUT2D eigenvalue weighted by Crippen LogP contribution is 2.11. The minimum absolute atomic E-state index is 0.126. The van der Waals surface area contributed by atoms with Crippen LogP contribution in [-0.4, -0.2) is 37.9 Å². The molecule has 0 spiro atoms. The Morgan fingerprint density at radius 2 is 1.71 bits per heavy atom. The van der Waals surface area contributed by atoms with Crippen molar-refractivity contribution in [2.75, 3.05) is 13.2 Å². The van der Waals surface area contributed by atoms with Crippen molar-refractivity contribution in [3.63, 3.8) is 0 Å². The number of aryl methyl sites for hydroxylation is 1. The summed E-state index contributed by atoms with van der Waals surface area (Å²) in [6.45, 7) is 1.10. The number of aliphatic hydroxyl groups is 2. The van der Waals surface area contributed by atoms with Crippen molar-refractivity contribution in [3.05, 3.63) is 29.8 Å². The van der Waals surface area contributed by atoms with Crippen LogP contribution in [0.25, 0.3) is 0 Å². The summed E-state index contributed by atoms with van der Waals surface area (Å²) in [7, 11) is -3.68. The van der Waals surface area contributed by atoms with E-state index in [-0.39, 0.29) is 4.90 Å². The molecule has 0 amide bonds. The average Bonchev–Trinajstić information content (AvgIpc) is 2.36. The lowest BCUT2D eigenvalue weighted by molar-refractivity contribution is 0.185. The number of rotatable bonds is 6. The standard InChI is InChI=1S/C11H17NO4S/c1-2-9-3-5-11(6-4-9)17(15,16)12-10(7-13)8-14/h3-6,10,12-14H,2,7-8H2,1H3. The quantitative estimate of drug-likeness (QED) is 0.665. The molecule has 0 fully saturated rings. The Kier molecular flexibility index (Phi) is 5.07. The predicted octanol–water partition coefficient (Wildman–Crippen LogP) is -0.120. The molecular weight excluding hydrogens is 242 g/mol. The molecule has 0 saturated carbocycles. The van der Waals surface area contributed by atoms with Crippen molar-refractivity contribution in [2.45, 2.75) is 24.3 Å². The van der Waals surface area contributed by atoms with E-state index >= 15 is 0 Å². The maximum Gasteiger partial charge on any atom is 0.240 e. The van der Waals surface area contributed by atoms with Crippen LogP contribution >= 0.6 is 0 Å².